The predicted molar refractivity (Wildman–Crippen MR) is 102 cm³/mol. The van der Waals surface area contributed by atoms with Gasteiger partial charge < -0.3 is 19.1 Å². The van der Waals surface area contributed by atoms with Crippen LogP contribution in [0.3, 0.4) is 0 Å². The largest absolute Gasteiger partial charge is 0.493 e. The van der Waals surface area contributed by atoms with Gasteiger partial charge in [-0.15, -0.1) is 12.4 Å². The molecule has 1 aromatic rings. The van der Waals surface area contributed by atoms with Crippen LogP contribution in [-0.2, 0) is 9.53 Å². The Morgan fingerprint density at radius 1 is 0.923 bits per heavy atom. The number of hydrogen-bond donors (Lipinski definition) is 0. The lowest BCUT2D eigenvalue weighted by molar-refractivity contribution is -0.114. The van der Waals surface area contributed by atoms with Crippen LogP contribution in [0.25, 0.3) is 12.3 Å². The summed E-state index contributed by atoms with van der Waals surface area (Å²) < 4.78 is 16.0. The molecule has 2 heterocycles. The fourth-order valence-electron chi connectivity index (χ4n) is 3.48. The maximum Gasteiger partial charge on any atom is 0.220 e. The van der Waals surface area contributed by atoms with E-state index in [2.05, 4.69) is 17.2 Å². The maximum absolute atomic E-state index is 12.0. The molecule has 3 aliphatic rings. The zero-order chi connectivity index (χ0) is 17.6. The van der Waals surface area contributed by atoms with Crippen molar-refractivity contribution in [1.82, 2.24) is 4.90 Å². The number of allylic oxidation sites excluding steroid dienone is 4. The quantitative estimate of drug-likeness (QED) is 0.806. The van der Waals surface area contributed by atoms with Crippen molar-refractivity contribution in [3.63, 3.8) is 0 Å². The van der Waals surface area contributed by atoms with Crippen LogP contribution in [0.2, 0.25) is 0 Å². The van der Waals surface area contributed by atoms with E-state index in [1.165, 1.54) is 7.11 Å². The highest BCUT2D eigenvalue weighted by molar-refractivity contribution is 6.05. The third-order valence-corrected chi connectivity index (χ3v) is 4.77. The number of benzene rings is 1. The molecule has 2 aliphatic heterocycles. The zero-order valence-electron chi connectivity index (χ0n) is 14.9. The summed E-state index contributed by atoms with van der Waals surface area (Å²) >= 11 is 0. The highest BCUT2D eigenvalue weighted by Gasteiger charge is 2.27. The molecule has 0 spiro atoms. The van der Waals surface area contributed by atoms with Crippen molar-refractivity contribution in [2.75, 3.05) is 27.9 Å². The first-order chi connectivity index (χ1) is 12.1. The van der Waals surface area contributed by atoms with Crippen LogP contribution >= 0.6 is 12.4 Å². The Hall–Kier alpha value is -2.66. The number of ketones is 1. The fraction of sp³-hybridized carbons (Fsp3) is 0.250. The number of carbonyl (C=O) groups excluding carboxylic acids is 1. The molecule has 0 unspecified atom stereocenters. The molecular formula is C20H20ClNO4. The van der Waals surface area contributed by atoms with Crippen LogP contribution in [0.15, 0.2) is 46.9 Å². The number of methoxy groups -OCH3 is 3. The van der Waals surface area contributed by atoms with E-state index < -0.39 is 0 Å². The van der Waals surface area contributed by atoms with Crippen LogP contribution in [0.4, 0.5) is 0 Å². The summed E-state index contributed by atoms with van der Waals surface area (Å²) in [6.45, 7) is 0.832. The van der Waals surface area contributed by atoms with Gasteiger partial charge in [0.05, 0.1) is 21.3 Å². The molecular weight excluding hydrogens is 354 g/mol. The molecule has 0 N–H and O–H groups in total. The topological polar surface area (TPSA) is 48.0 Å². The molecule has 0 aromatic heterocycles. The summed E-state index contributed by atoms with van der Waals surface area (Å²) in [5.41, 5.74) is 3.17. The first kappa shape index (κ1) is 18.1. The minimum Gasteiger partial charge on any atom is -0.493 e. The molecule has 0 bridgehead atoms. The molecule has 6 heteroatoms. The van der Waals surface area contributed by atoms with E-state index in [4.69, 9.17) is 14.2 Å². The van der Waals surface area contributed by atoms with Gasteiger partial charge in [0.1, 0.15) is 0 Å². The second-order valence-corrected chi connectivity index (χ2v) is 6.10. The van der Waals surface area contributed by atoms with Crippen molar-refractivity contribution in [2.24, 2.45) is 0 Å². The molecule has 0 fully saturated rings. The molecule has 0 atom stereocenters. The lowest BCUT2D eigenvalue weighted by Crippen LogP contribution is -2.37. The van der Waals surface area contributed by atoms with Gasteiger partial charge in [0.15, 0.2) is 17.3 Å². The molecule has 136 valence electrons. The number of carbonyl (C=O) groups is 1. The van der Waals surface area contributed by atoms with E-state index in [1.807, 2.05) is 18.2 Å². The Bertz CT molecular complexity index is 988. The predicted octanol–water partition coefficient (Wildman–Crippen LogP) is 1.66. The van der Waals surface area contributed by atoms with Gasteiger partial charge in [0.25, 0.3) is 0 Å². The molecule has 4 rings (SSSR count). The molecule has 0 radical (unpaired) electrons. The second kappa shape index (κ2) is 6.92. The van der Waals surface area contributed by atoms with E-state index in [9.17, 15) is 4.79 Å². The Morgan fingerprint density at radius 2 is 1.62 bits per heavy atom. The minimum absolute atomic E-state index is 0. The van der Waals surface area contributed by atoms with Gasteiger partial charge in [0, 0.05) is 29.2 Å². The third-order valence-electron chi connectivity index (χ3n) is 4.77. The Kier molecular flexibility index (Phi) is 4.83. The summed E-state index contributed by atoms with van der Waals surface area (Å²) in [7, 11) is 4.79. The molecule has 26 heavy (non-hydrogen) atoms. The zero-order valence-corrected chi connectivity index (χ0v) is 15.7. The average Bonchev–Trinajstić information content (AvgIpc) is 2.64. The van der Waals surface area contributed by atoms with Gasteiger partial charge in [-0.05, 0) is 47.6 Å². The molecule has 1 aliphatic carbocycles. The number of nitrogens with zero attached hydrogens (tertiary/aromatic N) is 1. The lowest BCUT2D eigenvalue weighted by atomic mass is 9.89. The van der Waals surface area contributed by atoms with Gasteiger partial charge in [-0.3, -0.25) is 4.79 Å². The van der Waals surface area contributed by atoms with Crippen molar-refractivity contribution in [2.45, 2.75) is 6.42 Å². The first-order valence-corrected chi connectivity index (χ1v) is 8.12. The van der Waals surface area contributed by atoms with E-state index in [0.717, 1.165) is 40.2 Å². The van der Waals surface area contributed by atoms with E-state index in [-0.39, 0.29) is 18.2 Å². The SMILES string of the molecule is COC1=CC2=C3C=c4cc(OC)c(OC)cc4=CN3CCC2=CC1=O.Cl. The van der Waals surface area contributed by atoms with Crippen LogP contribution in [-0.4, -0.2) is 38.6 Å². The molecule has 5 nitrogen and oxygen atoms in total. The number of hydrogen-bond acceptors (Lipinski definition) is 5. The van der Waals surface area contributed by atoms with Crippen molar-refractivity contribution in [1.29, 1.82) is 0 Å². The van der Waals surface area contributed by atoms with Crippen molar-refractivity contribution in [3.05, 3.63) is 57.3 Å². The number of ether oxygens (including phenoxy) is 3. The van der Waals surface area contributed by atoms with Gasteiger partial charge in [-0.2, -0.15) is 0 Å². The summed E-state index contributed by atoms with van der Waals surface area (Å²) in [4.78, 5) is 14.2. The number of fused-ring (bicyclic) bond motifs is 3. The Balaban J connectivity index is 0.00000196. The summed E-state index contributed by atoms with van der Waals surface area (Å²) in [6.07, 6.45) is 8.60. The highest BCUT2D eigenvalue weighted by Crippen LogP contribution is 2.34. The number of rotatable bonds is 3. The maximum atomic E-state index is 12.0. The van der Waals surface area contributed by atoms with Gasteiger partial charge in [-0.25, -0.2) is 0 Å². The average molecular weight is 374 g/mol. The van der Waals surface area contributed by atoms with Crippen LogP contribution in [0.5, 0.6) is 11.5 Å². The third kappa shape index (κ3) is 2.78. The Morgan fingerprint density at radius 3 is 2.27 bits per heavy atom. The van der Waals surface area contributed by atoms with Gasteiger partial charge in [-0.1, -0.05) is 0 Å². The molecule has 0 amide bonds. The number of halogens is 1. The normalized spacial score (nSPS) is 17.3. The second-order valence-electron chi connectivity index (χ2n) is 6.10. The van der Waals surface area contributed by atoms with Crippen LogP contribution < -0.4 is 19.9 Å². The Labute approximate surface area is 157 Å². The summed E-state index contributed by atoms with van der Waals surface area (Å²) in [6, 6.07) is 3.96. The smallest absolute Gasteiger partial charge is 0.220 e. The van der Waals surface area contributed by atoms with Crippen molar-refractivity contribution in [3.8, 4) is 11.5 Å². The molecule has 0 saturated heterocycles. The van der Waals surface area contributed by atoms with Crippen LogP contribution in [0.1, 0.15) is 6.42 Å². The molecule has 1 aromatic carbocycles. The van der Waals surface area contributed by atoms with Gasteiger partial charge >= 0.3 is 0 Å². The standard InChI is InChI=1S/C20H19NO4.ClH/c1-23-18-10-15-12(7-17(18)22)4-5-21-11-14-9-20(25-3)19(24-2)8-13(14)6-16(15)21;/h6-11H,4-5H2,1-3H3;1H. The minimum atomic E-state index is -0.0677. The van der Waals surface area contributed by atoms with Gasteiger partial charge in [0.2, 0.25) is 5.78 Å². The highest BCUT2D eigenvalue weighted by atomic mass is 35.5. The fourth-order valence-corrected chi connectivity index (χ4v) is 3.48. The van der Waals surface area contributed by atoms with Crippen LogP contribution in [0, 0.1) is 0 Å². The monoisotopic (exact) mass is 373 g/mol. The molecule has 0 saturated carbocycles. The summed E-state index contributed by atoms with van der Waals surface area (Å²) in [5, 5.41) is 2.14. The van der Waals surface area contributed by atoms with Crippen molar-refractivity contribution < 1.29 is 19.0 Å². The lowest BCUT2D eigenvalue weighted by Gasteiger charge is -2.33. The van der Waals surface area contributed by atoms with E-state index in [0.29, 0.717) is 17.3 Å². The first-order valence-electron chi connectivity index (χ1n) is 8.12. The summed E-state index contributed by atoms with van der Waals surface area (Å²) in [5.74, 6) is 1.72. The van der Waals surface area contributed by atoms with E-state index >= 15 is 0 Å². The van der Waals surface area contributed by atoms with E-state index in [1.54, 1.807) is 20.3 Å². The van der Waals surface area contributed by atoms with Crippen molar-refractivity contribution >= 4 is 30.5 Å².